The summed E-state index contributed by atoms with van der Waals surface area (Å²) in [5, 5.41) is 11.4. The first kappa shape index (κ1) is 13.7. The van der Waals surface area contributed by atoms with Gasteiger partial charge in [-0.2, -0.15) is 0 Å². The number of ether oxygens (including phenoxy) is 1. The number of fused-ring (bicyclic) bond motifs is 2. The van der Waals surface area contributed by atoms with Crippen molar-refractivity contribution in [3.8, 4) is 0 Å². The number of carboxylic acid groups (broad SMARTS) is 1. The van der Waals surface area contributed by atoms with Crippen LogP contribution in [0.15, 0.2) is 30.4 Å². The summed E-state index contributed by atoms with van der Waals surface area (Å²) < 4.78 is 32.0. The predicted molar refractivity (Wildman–Crippen MR) is 67.4 cm³/mol. The van der Waals surface area contributed by atoms with Crippen molar-refractivity contribution in [2.75, 3.05) is 5.32 Å². The van der Waals surface area contributed by atoms with E-state index in [1.807, 2.05) is 0 Å². The summed E-state index contributed by atoms with van der Waals surface area (Å²) in [6.07, 6.45) is 1.88. The number of amides is 1. The van der Waals surface area contributed by atoms with E-state index in [1.165, 1.54) is 0 Å². The molecule has 1 aromatic carbocycles. The average molecular weight is 295 g/mol. The van der Waals surface area contributed by atoms with Gasteiger partial charge >= 0.3 is 5.97 Å². The fourth-order valence-corrected chi connectivity index (χ4v) is 2.72. The van der Waals surface area contributed by atoms with Gasteiger partial charge < -0.3 is 15.2 Å². The van der Waals surface area contributed by atoms with Gasteiger partial charge in [0.15, 0.2) is 0 Å². The number of carbonyl (C=O) groups excluding carboxylic acids is 1. The van der Waals surface area contributed by atoms with E-state index in [0.29, 0.717) is 0 Å². The molecule has 0 unspecified atom stereocenters. The third-order valence-corrected chi connectivity index (χ3v) is 3.67. The Morgan fingerprint density at radius 1 is 1.14 bits per heavy atom. The molecule has 0 aliphatic carbocycles. The van der Waals surface area contributed by atoms with Crippen molar-refractivity contribution in [1.29, 1.82) is 0 Å². The number of rotatable bonds is 3. The lowest BCUT2D eigenvalue weighted by Crippen LogP contribution is -2.39. The molecule has 1 aromatic rings. The minimum Gasteiger partial charge on any atom is -0.481 e. The highest BCUT2D eigenvalue weighted by Gasteiger charge is 2.53. The predicted octanol–water partition coefficient (Wildman–Crippen LogP) is 1.56. The van der Waals surface area contributed by atoms with Crippen LogP contribution in [0.3, 0.4) is 0 Å². The summed E-state index contributed by atoms with van der Waals surface area (Å²) >= 11 is 0. The summed E-state index contributed by atoms with van der Waals surface area (Å²) in [5.74, 6) is -5.37. The molecule has 5 nitrogen and oxygen atoms in total. The lowest BCUT2D eigenvalue weighted by atomic mass is 9.82. The van der Waals surface area contributed by atoms with Crippen LogP contribution < -0.4 is 5.32 Å². The molecule has 3 rings (SSSR count). The summed E-state index contributed by atoms with van der Waals surface area (Å²) in [6, 6.07) is 2.65. The zero-order valence-electron chi connectivity index (χ0n) is 10.6. The molecule has 4 atom stereocenters. The summed E-state index contributed by atoms with van der Waals surface area (Å²) in [4.78, 5) is 23.5. The molecule has 0 radical (unpaired) electrons. The van der Waals surface area contributed by atoms with Crippen LogP contribution in [0.5, 0.6) is 0 Å². The van der Waals surface area contributed by atoms with Crippen molar-refractivity contribution in [3.63, 3.8) is 0 Å². The van der Waals surface area contributed by atoms with Crippen LogP contribution in [0.1, 0.15) is 0 Å². The number of anilines is 1. The quantitative estimate of drug-likeness (QED) is 0.830. The summed E-state index contributed by atoms with van der Waals surface area (Å²) in [5.41, 5.74) is -0.323. The summed E-state index contributed by atoms with van der Waals surface area (Å²) in [6.45, 7) is 0. The van der Waals surface area contributed by atoms with Gasteiger partial charge in [-0.3, -0.25) is 9.59 Å². The largest absolute Gasteiger partial charge is 0.481 e. The molecule has 0 aromatic heterocycles. The van der Waals surface area contributed by atoms with Crippen molar-refractivity contribution in [2.45, 2.75) is 12.2 Å². The number of halogens is 2. The first-order valence-electron chi connectivity index (χ1n) is 6.30. The Hall–Kier alpha value is -2.28. The van der Waals surface area contributed by atoms with Gasteiger partial charge in [0.05, 0.1) is 23.8 Å². The van der Waals surface area contributed by atoms with Gasteiger partial charge in [0.25, 0.3) is 0 Å². The fraction of sp³-hybridized carbons (Fsp3) is 0.286. The average Bonchev–Trinajstić information content (AvgIpc) is 3.03. The monoisotopic (exact) mass is 295 g/mol. The number of carbonyl (C=O) groups is 2. The highest BCUT2D eigenvalue weighted by Crippen LogP contribution is 2.40. The molecule has 1 fully saturated rings. The molecular formula is C14H11F2NO4. The van der Waals surface area contributed by atoms with Crippen molar-refractivity contribution in [2.24, 2.45) is 11.8 Å². The second-order valence-electron chi connectivity index (χ2n) is 4.95. The van der Waals surface area contributed by atoms with E-state index in [9.17, 15) is 23.5 Å². The van der Waals surface area contributed by atoms with Gasteiger partial charge in [-0.25, -0.2) is 8.78 Å². The number of nitrogens with one attached hydrogen (secondary N) is 1. The van der Waals surface area contributed by atoms with Crippen molar-refractivity contribution in [1.82, 2.24) is 0 Å². The lowest BCUT2D eigenvalue weighted by molar-refractivity contribution is -0.145. The zero-order chi connectivity index (χ0) is 15.1. The molecule has 7 heteroatoms. The number of benzene rings is 1. The van der Waals surface area contributed by atoms with Gasteiger partial charge in [-0.05, 0) is 12.1 Å². The molecular weight excluding hydrogens is 284 g/mol. The molecule has 2 bridgehead atoms. The van der Waals surface area contributed by atoms with Gasteiger partial charge in [-0.15, -0.1) is 0 Å². The molecule has 0 spiro atoms. The van der Waals surface area contributed by atoms with Gasteiger partial charge in [0, 0.05) is 6.07 Å². The van der Waals surface area contributed by atoms with Crippen LogP contribution in [0, 0.1) is 23.5 Å². The Morgan fingerprint density at radius 2 is 1.81 bits per heavy atom. The Morgan fingerprint density at radius 3 is 2.48 bits per heavy atom. The second-order valence-corrected chi connectivity index (χ2v) is 4.95. The van der Waals surface area contributed by atoms with Gasteiger partial charge in [0.2, 0.25) is 5.91 Å². The Kier molecular flexibility index (Phi) is 3.21. The smallest absolute Gasteiger partial charge is 0.310 e. The van der Waals surface area contributed by atoms with Crippen molar-refractivity contribution >= 4 is 17.6 Å². The maximum absolute atomic E-state index is 13.5. The minimum atomic E-state index is -1.16. The zero-order valence-corrected chi connectivity index (χ0v) is 10.6. The molecule has 110 valence electrons. The van der Waals surface area contributed by atoms with E-state index in [0.717, 1.165) is 18.2 Å². The molecule has 2 aliphatic heterocycles. The Balaban J connectivity index is 1.83. The van der Waals surface area contributed by atoms with E-state index in [1.54, 1.807) is 12.2 Å². The maximum atomic E-state index is 13.5. The van der Waals surface area contributed by atoms with Crippen molar-refractivity contribution in [3.05, 3.63) is 42.0 Å². The van der Waals surface area contributed by atoms with Crippen LogP contribution in [-0.4, -0.2) is 29.2 Å². The SMILES string of the molecule is O=C(O)[C@@H]1[C@H](C(=O)Nc2cc(F)ccc2F)[C@@H]2C=C[C@@H]1O2. The normalized spacial score (nSPS) is 29.6. The van der Waals surface area contributed by atoms with Crippen LogP contribution in [0.25, 0.3) is 0 Å². The molecule has 2 aliphatic rings. The van der Waals surface area contributed by atoms with Crippen LogP contribution >= 0.6 is 0 Å². The van der Waals surface area contributed by atoms with Crippen LogP contribution in [0.2, 0.25) is 0 Å². The highest BCUT2D eigenvalue weighted by atomic mass is 19.1. The van der Waals surface area contributed by atoms with E-state index < -0.39 is 47.6 Å². The standard InChI is InChI=1S/C14H11F2NO4/c15-6-1-2-7(16)8(5-6)17-13(18)11-9-3-4-10(21-9)12(11)14(19)20/h1-5,9-12H,(H,17,18)(H,19,20)/t9-,10-,11+,12-/m0/s1. The second kappa shape index (κ2) is 4.92. The van der Waals surface area contributed by atoms with E-state index in [4.69, 9.17) is 4.74 Å². The first-order valence-corrected chi connectivity index (χ1v) is 6.30. The van der Waals surface area contributed by atoms with Gasteiger partial charge in [-0.1, -0.05) is 12.2 Å². The first-order chi connectivity index (χ1) is 9.97. The fourth-order valence-electron chi connectivity index (χ4n) is 2.72. The molecule has 1 saturated heterocycles. The molecule has 0 saturated carbocycles. The van der Waals surface area contributed by atoms with E-state index in [-0.39, 0.29) is 5.69 Å². The highest BCUT2D eigenvalue weighted by molar-refractivity contribution is 5.96. The molecule has 21 heavy (non-hydrogen) atoms. The molecule has 2 heterocycles. The third kappa shape index (κ3) is 2.29. The summed E-state index contributed by atoms with van der Waals surface area (Å²) in [7, 11) is 0. The van der Waals surface area contributed by atoms with Crippen LogP contribution in [0.4, 0.5) is 14.5 Å². The number of aliphatic carboxylic acids is 1. The number of hydrogen-bond donors (Lipinski definition) is 2. The Labute approximate surface area is 118 Å². The van der Waals surface area contributed by atoms with E-state index in [2.05, 4.69) is 5.32 Å². The van der Waals surface area contributed by atoms with Crippen molar-refractivity contribution < 1.29 is 28.2 Å². The van der Waals surface area contributed by atoms with Gasteiger partial charge in [0.1, 0.15) is 17.6 Å². The lowest BCUT2D eigenvalue weighted by Gasteiger charge is -2.21. The number of carboxylic acids is 1. The van der Waals surface area contributed by atoms with E-state index >= 15 is 0 Å². The Bertz CT molecular complexity index is 646. The maximum Gasteiger partial charge on any atom is 0.310 e. The third-order valence-electron chi connectivity index (χ3n) is 3.67. The molecule has 1 amide bonds. The topological polar surface area (TPSA) is 75.6 Å². The molecule has 2 N–H and O–H groups in total. The number of hydrogen-bond acceptors (Lipinski definition) is 3. The van der Waals surface area contributed by atoms with Crippen LogP contribution in [-0.2, 0) is 14.3 Å². The minimum absolute atomic E-state index is 0.323.